The van der Waals surface area contributed by atoms with Crippen molar-refractivity contribution in [3.8, 4) is 28.7 Å². The summed E-state index contributed by atoms with van der Waals surface area (Å²) in [6.45, 7) is 1.49. The summed E-state index contributed by atoms with van der Waals surface area (Å²) in [5, 5.41) is 29.3. The molecule has 1 aliphatic heterocycles. The van der Waals surface area contributed by atoms with Crippen LogP contribution in [0.1, 0.15) is 30.5 Å². The molecule has 34 heavy (non-hydrogen) atoms. The number of aromatic nitrogens is 2. The summed E-state index contributed by atoms with van der Waals surface area (Å²) in [4.78, 5) is 4.08. The van der Waals surface area contributed by atoms with Crippen LogP contribution in [-0.2, 0) is 4.74 Å². The minimum absolute atomic E-state index is 0.0563. The first-order valence-electron chi connectivity index (χ1n) is 10.7. The predicted octanol–water partition coefficient (Wildman–Crippen LogP) is 2.61. The third kappa shape index (κ3) is 4.95. The van der Waals surface area contributed by atoms with Gasteiger partial charge in [0.05, 0.1) is 19.8 Å². The maximum atomic E-state index is 14.7. The van der Waals surface area contributed by atoms with Gasteiger partial charge < -0.3 is 29.4 Å². The van der Waals surface area contributed by atoms with Crippen LogP contribution < -0.4 is 4.74 Å². The van der Waals surface area contributed by atoms with Gasteiger partial charge in [-0.25, -0.2) is 9.37 Å². The molecule has 1 aromatic heterocycles. The Balaban J connectivity index is 1.52. The molecule has 7 nitrogen and oxygen atoms in total. The van der Waals surface area contributed by atoms with Gasteiger partial charge in [-0.2, -0.15) is 4.39 Å². The van der Waals surface area contributed by atoms with Gasteiger partial charge in [-0.1, -0.05) is 24.0 Å². The Morgan fingerprint density at radius 3 is 2.59 bits per heavy atom. The van der Waals surface area contributed by atoms with E-state index in [1.165, 1.54) is 18.3 Å². The van der Waals surface area contributed by atoms with Crippen LogP contribution >= 0.6 is 0 Å². The second-order valence-electron chi connectivity index (χ2n) is 7.91. The van der Waals surface area contributed by atoms with E-state index >= 15 is 0 Å². The third-order valence-corrected chi connectivity index (χ3v) is 5.49. The normalized spacial score (nSPS) is 19.4. The average molecular weight is 470 g/mol. The van der Waals surface area contributed by atoms with E-state index in [1.807, 2.05) is 0 Å². The van der Waals surface area contributed by atoms with Crippen molar-refractivity contribution in [2.45, 2.75) is 31.3 Å². The van der Waals surface area contributed by atoms with E-state index in [-0.39, 0.29) is 31.1 Å². The Hall–Kier alpha value is -3.29. The minimum atomic E-state index is -1.14. The van der Waals surface area contributed by atoms with Gasteiger partial charge in [0.1, 0.15) is 24.1 Å². The Kier molecular flexibility index (Phi) is 7.24. The molecule has 4 atom stereocenters. The van der Waals surface area contributed by atoms with E-state index < -0.39 is 36.0 Å². The molecule has 4 rings (SSSR count). The van der Waals surface area contributed by atoms with E-state index in [1.54, 1.807) is 42.0 Å². The fraction of sp³-hybridized carbons (Fsp3) is 0.320. The molecule has 0 radical (unpaired) electrons. The first-order chi connectivity index (χ1) is 16.4. The number of aliphatic hydroxyl groups excluding tert-OH is 3. The van der Waals surface area contributed by atoms with Crippen LogP contribution in [0.5, 0.6) is 5.75 Å². The molecule has 0 bridgehead atoms. The summed E-state index contributed by atoms with van der Waals surface area (Å²) in [6.07, 6.45) is 0.697. The highest BCUT2D eigenvalue weighted by Crippen LogP contribution is 2.31. The highest BCUT2D eigenvalue weighted by molar-refractivity contribution is 5.66. The number of imidazole rings is 1. The summed E-state index contributed by atoms with van der Waals surface area (Å²) in [5.41, 5.74) is 1.11. The molecule has 9 heteroatoms. The van der Waals surface area contributed by atoms with Gasteiger partial charge in [0.2, 0.25) is 5.82 Å². The lowest BCUT2D eigenvalue weighted by Gasteiger charge is -2.17. The second-order valence-corrected chi connectivity index (χ2v) is 7.91. The van der Waals surface area contributed by atoms with Crippen molar-refractivity contribution in [1.29, 1.82) is 0 Å². The Morgan fingerprint density at radius 2 is 1.94 bits per heavy atom. The van der Waals surface area contributed by atoms with Gasteiger partial charge in [0.15, 0.2) is 17.7 Å². The van der Waals surface area contributed by atoms with Gasteiger partial charge >= 0.3 is 0 Å². The number of hydrogen-bond acceptors (Lipinski definition) is 6. The van der Waals surface area contributed by atoms with Gasteiger partial charge in [-0.3, -0.25) is 0 Å². The molecule has 1 fully saturated rings. The van der Waals surface area contributed by atoms with Crippen LogP contribution in [0.4, 0.5) is 8.78 Å². The monoisotopic (exact) mass is 470 g/mol. The standard InChI is InChI=1S/C25H24F2N2O5/c1-15(31)25-28-10-11-29(25)18(12-30)7-4-16-2-5-17(6-3-16)19-8-9-21(24(27)23(19)26)34-22-14-33-13-20(22)32/h2-3,5-6,8-11,15,18,20,22,30-32H,12-14H2,1H3/t15-,18-,20+,22+/m0/s1. The number of rotatable bonds is 6. The zero-order valence-corrected chi connectivity index (χ0v) is 18.4. The molecule has 3 aromatic rings. The molecule has 0 spiro atoms. The van der Waals surface area contributed by atoms with Crippen molar-refractivity contribution in [2.75, 3.05) is 19.8 Å². The first kappa shape index (κ1) is 23.9. The number of aliphatic hydroxyl groups is 3. The number of hydrogen-bond donors (Lipinski definition) is 3. The van der Waals surface area contributed by atoms with Crippen LogP contribution in [0, 0.1) is 23.5 Å². The molecule has 0 saturated carbocycles. The van der Waals surface area contributed by atoms with Crippen molar-refractivity contribution in [3.63, 3.8) is 0 Å². The largest absolute Gasteiger partial charge is 0.482 e. The van der Waals surface area contributed by atoms with Crippen molar-refractivity contribution in [2.24, 2.45) is 0 Å². The van der Waals surface area contributed by atoms with Gasteiger partial charge in [-0.05, 0) is 36.8 Å². The lowest BCUT2D eigenvalue weighted by atomic mass is 10.0. The molecular formula is C25H24F2N2O5. The number of nitrogens with zero attached hydrogens (tertiary/aromatic N) is 2. The fourth-order valence-corrected chi connectivity index (χ4v) is 3.66. The topological polar surface area (TPSA) is 97.0 Å². The summed E-state index contributed by atoms with van der Waals surface area (Å²) >= 11 is 0. The van der Waals surface area contributed by atoms with Crippen LogP contribution in [0.3, 0.4) is 0 Å². The molecule has 2 heterocycles. The molecule has 2 aromatic carbocycles. The molecule has 1 saturated heterocycles. The van der Waals surface area contributed by atoms with Crippen molar-refractivity contribution in [3.05, 3.63) is 71.8 Å². The molecule has 0 unspecified atom stereocenters. The molecule has 178 valence electrons. The molecule has 0 aliphatic carbocycles. The minimum Gasteiger partial charge on any atom is -0.482 e. The first-order valence-corrected chi connectivity index (χ1v) is 10.7. The lowest BCUT2D eigenvalue weighted by Crippen LogP contribution is -2.30. The highest BCUT2D eigenvalue weighted by Gasteiger charge is 2.29. The summed E-state index contributed by atoms with van der Waals surface area (Å²) in [5.74, 6) is 3.79. The van der Waals surface area contributed by atoms with Crippen molar-refractivity contribution in [1.82, 2.24) is 9.55 Å². The quantitative estimate of drug-likeness (QED) is 0.480. The summed E-state index contributed by atoms with van der Waals surface area (Å²) in [7, 11) is 0. The maximum absolute atomic E-state index is 14.7. The zero-order valence-electron chi connectivity index (χ0n) is 18.4. The van der Waals surface area contributed by atoms with E-state index in [0.29, 0.717) is 17.0 Å². The van der Waals surface area contributed by atoms with E-state index in [4.69, 9.17) is 9.47 Å². The number of ether oxygens (including phenoxy) is 2. The average Bonchev–Trinajstić information content (AvgIpc) is 3.48. The Labute approximate surface area is 195 Å². The van der Waals surface area contributed by atoms with Crippen molar-refractivity contribution >= 4 is 0 Å². The van der Waals surface area contributed by atoms with Crippen LogP contribution in [-0.4, -0.2) is 56.9 Å². The fourth-order valence-electron chi connectivity index (χ4n) is 3.66. The van der Waals surface area contributed by atoms with Crippen LogP contribution in [0.15, 0.2) is 48.8 Å². The van der Waals surface area contributed by atoms with Gasteiger partial charge in [-0.15, -0.1) is 0 Å². The summed E-state index contributed by atoms with van der Waals surface area (Å²) < 4.78 is 41.4. The second kappa shape index (κ2) is 10.3. The van der Waals surface area contributed by atoms with E-state index in [2.05, 4.69) is 16.8 Å². The smallest absolute Gasteiger partial charge is 0.201 e. The van der Waals surface area contributed by atoms with Crippen LogP contribution in [0.2, 0.25) is 0 Å². The Bertz CT molecular complexity index is 1200. The highest BCUT2D eigenvalue weighted by atomic mass is 19.2. The molecule has 0 amide bonds. The van der Waals surface area contributed by atoms with Crippen molar-refractivity contribution < 1.29 is 33.6 Å². The van der Waals surface area contributed by atoms with Gasteiger partial charge in [0.25, 0.3) is 0 Å². The number of benzene rings is 2. The molecule has 1 aliphatic rings. The SMILES string of the molecule is C[C@H](O)c1nccn1[C@@H](C#Cc1ccc(-c2ccc(O[C@@H]3COC[C@H]3O)c(F)c2F)cc1)CO. The van der Waals surface area contributed by atoms with Gasteiger partial charge in [0, 0.05) is 23.5 Å². The predicted molar refractivity (Wildman–Crippen MR) is 119 cm³/mol. The third-order valence-electron chi connectivity index (χ3n) is 5.49. The Morgan fingerprint density at radius 1 is 1.18 bits per heavy atom. The zero-order chi connectivity index (χ0) is 24.2. The van der Waals surface area contributed by atoms with E-state index in [9.17, 15) is 24.1 Å². The van der Waals surface area contributed by atoms with Crippen LogP contribution in [0.25, 0.3) is 11.1 Å². The maximum Gasteiger partial charge on any atom is 0.201 e. The lowest BCUT2D eigenvalue weighted by molar-refractivity contribution is 0.0703. The van der Waals surface area contributed by atoms with E-state index in [0.717, 1.165) is 0 Å². The molecular weight excluding hydrogens is 446 g/mol. The number of halogens is 2. The molecule has 3 N–H and O–H groups in total. The summed E-state index contributed by atoms with van der Waals surface area (Å²) in [6, 6.07) is 8.68.